The average molecular weight is 250 g/mol. The van der Waals surface area contributed by atoms with E-state index in [9.17, 15) is 4.79 Å². The first-order chi connectivity index (χ1) is 7.05. The summed E-state index contributed by atoms with van der Waals surface area (Å²) in [6, 6.07) is 0.200. The van der Waals surface area contributed by atoms with Gasteiger partial charge in [-0.1, -0.05) is 6.92 Å². The third-order valence-electron chi connectivity index (χ3n) is 4.13. The van der Waals surface area contributed by atoms with Crippen LogP contribution in [0.5, 0.6) is 0 Å². The van der Waals surface area contributed by atoms with Gasteiger partial charge in [0.15, 0.2) is 0 Å². The second-order valence-electron chi connectivity index (χ2n) is 4.69. The molecule has 2 aliphatic heterocycles. The van der Waals surface area contributed by atoms with Crippen molar-refractivity contribution in [3.05, 3.63) is 0 Å². The molecule has 1 amide bonds. The third-order valence-corrected chi connectivity index (χ3v) is 5.33. The lowest BCUT2D eigenvalue weighted by Crippen LogP contribution is -2.31. The molecule has 2 saturated heterocycles. The van der Waals surface area contributed by atoms with Crippen molar-refractivity contribution in [2.24, 2.45) is 11.3 Å². The van der Waals surface area contributed by atoms with Gasteiger partial charge in [0.1, 0.15) is 11.1 Å². The third kappa shape index (κ3) is 0.955. The number of hydrogen-bond acceptors (Lipinski definition) is 2. The molecule has 0 aromatic carbocycles. The van der Waals surface area contributed by atoms with Gasteiger partial charge in [-0.05, 0) is 12.8 Å². The lowest BCUT2D eigenvalue weighted by atomic mass is 9.98. The Morgan fingerprint density at radius 3 is 2.87 bits per heavy atom. The van der Waals surface area contributed by atoms with Crippen molar-refractivity contribution in [1.82, 2.24) is 4.90 Å². The minimum atomic E-state index is -0.844. The molecule has 1 aliphatic carbocycles. The summed E-state index contributed by atoms with van der Waals surface area (Å²) in [5.74, 6) is 0.216. The first-order valence-corrected chi connectivity index (χ1v) is 6.08. The zero-order valence-electron chi connectivity index (χ0n) is 8.50. The number of fused-ring (bicyclic) bond motifs is 1. The minimum Gasteiger partial charge on any atom is -0.359 e. The van der Waals surface area contributed by atoms with E-state index >= 15 is 0 Å². The Hall–Kier alpha value is 0.01000. The van der Waals surface area contributed by atoms with Crippen LogP contribution in [0.3, 0.4) is 0 Å². The summed E-state index contributed by atoms with van der Waals surface area (Å²) in [4.78, 5) is 14.0. The molecule has 3 nitrogen and oxygen atoms in total. The van der Waals surface area contributed by atoms with Gasteiger partial charge in [0.05, 0.1) is 18.1 Å². The lowest BCUT2D eigenvalue weighted by Gasteiger charge is -2.12. The van der Waals surface area contributed by atoms with Gasteiger partial charge < -0.3 is 9.64 Å². The number of halogens is 2. The van der Waals surface area contributed by atoms with Crippen LogP contribution < -0.4 is 0 Å². The van der Waals surface area contributed by atoms with E-state index in [1.807, 2.05) is 6.92 Å². The summed E-state index contributed by atoms with van der Waals surface area (Å²) in [6.45, 7) is 3.07. The van der Waals surface area contributed by atoms with Crippen LogP contribution in [0.25, 0.3) is 0 Å². The summed E-state index contributed by atoms with van der Waals surface area (Å²) in [7, 11) is 0. The van der Waals surface area contributed by atoms with Gasteiger partial charge in [0.25, 0.3) is 0 Å². The van der Waals surface area contributed by atoms with Gasteiger partial charge in [-0.3, -0.25) is 4.79 Å². The predicted octanol–water partition coefficient (Wildman–Crippen LogP) is 1.78. The van der Waals surface area contributed by atoms with Gasteiger partial charge in [-0.15, -0.1) is 23.2 Å². The first-order valence-electron chi connectivity index (χ1n) is 5.32. The topological polar surface area (TPSA) is 29.5 Å². The summed E-state index contributed by atoms with van der Waals surface area (Å²) in [5.41, 5.74) is -0.501. The van der Waals surface area contributed by atoms with E-state index in [0.29, 0.717) is 13.3 Å². The summed E-state index contributed by atoms with van der Waals surface area (Å²) < 4.78 is 4.41. The van der Waals surface area contributed by atoms with Crippen LogP contribution in [-0.4, -0.2) is 34.5 Å². The SMILES string of the molecule is CCC1C(Cl)(Cl)C12CC1COCN1C2=O. The predicted molar refractivity (Wildman–Crippen MR) is 56.7 cm³/mol. The van der Waals surface area contributed by atoms with E-state index in [4.69, 9.17) is 27.9 Å². The largest absolute Gasteiger partial charge is 0.359 e. The molecule has 3 rings (SSSR count). The molecule has 3 unspecified atom stereocenters. The summed E-state index contributed by atoms with van der Waals surface area (Å²) in [6.07, 6.45) is 1.62. The maximum absolute atomic E-state index is 12.2. The zero-order valence-corrected chi connectivity index (χ0v) is 10.0. The number of amides is 1. The Bertz CT molecular complexity index is 333. The molecule has 2 heterocycles. The highest BCUT2D eigenvalue weighted by atomic mass is 35.5. The lowest BCUT2D eigenvalue weighted by molar-refractivity contribution is -0.134. The monoisotopic (exact) mass is 249 g/mol. The highest BCUT2D eigenvalue weighted by molar-refractivity contribution is 6.53. The van der Waals surface area contributed by atoms with Crippen LogP contribution >= 0.6 is 23.2 Å². The van der Waals surface area contributed by atoms with E-state index in [2.05, 4.69) is 0 Å². The van der Waals surface area contributed by atoms with Crippen LogP contribution in [0.4, 0.5) is 0 Å². The number of ether oxygens (including phenoxy) is 1. The first kappa shape index (κ1) is 10.2. The molecule has 0 N–H and O–H groups in total. The molecule has 3 aliphatic rings. The van der Waals surface area contributed by atoms with Crippen molar-refractivity contribution in [2.75, 3.05) is 13.3 Å². The van der Waals surface area contributed by atoms with Crippen LogP contribution in [0.2, 0.25) is 0 Å². The highest BCUT2D eigenvalue weighted by Crippen LogP contribution is 2.75. The number of carbonyl (C=O) groups is 1. The average Bonchev–Trinajstić information content (AvgIpc) is 2.58. The Morgan fingerprint density at radius 1 is 1.60 bits per heavy atom. The van der Waals surface area contributed by atoms with Crippen LogP contribution in [0.1, 0.15) is 19.8 Å². The van der Waals surface area contributed by atoms with Crippen molar-refractivity contribution in [3.8, 4) is 0 Å². The molecule has 1 saturated carbocycles. The number of rotatable bonds is 1. The Balaban J connectivity index is 1.94. The van der Waals surface area contributed by atoms with Gasteiger partial charge in [0, 0.05) is 5.92 Å². The van der Waals surface area contributed by atoms with Crippen LogP contribution in [0.15, 0.2) is 0 Å². The maximum atomic E-state index is 12.2. The molecular weight excluding hydrogens is 237 g/mol. The maximum Gasteiger partial charge on any atom is 0.234 e. The zero-order chi connectivity index (χ0) is 10.8. The van der Waals surface area contributed by atoms with Crippen LogP contribution in [-0.2, 0) is 9.53 Å². The molecule has 0 aromatic rings. The van der Waals surface area contributed by atoms with E-state index < -0.39 is 9.75 Å². The fourth-order valence-electron chi connectivity index (χ4n) is 3.30. The fourth-order valence-corrected chi connectivity index (χ4v) is 4.45. The second kappa shape index (κ2) is 2.82. The molecule has 0 radical (unpaired) electrons. The molecular formula is C10H13Cl2NO2. The van der Waals surface area contributed by atoms with Crippen molar-refractivity contribution in [2.45, 2.75) is 30.1 Å². The minimum absolute atomic E-state index is 0.0989. The number of carbonyl (C=O) groups excluding carboxylic acids is 1. The Kier molecular flexibility index (Phi) is 1.91. The van der Waals surface area contributed by atoms with E-state index in [1.165, 1.54) is 0 Å². The van der Waals surface area contributed by atoms with Crippen molar-refractivity contribution in [3.63, 3.8) is 0 Å². The number of alkyl halides is 2. The van der Waals surface area contributed by atoms with Crippen LogP contribution in [0, 0.1) is 11.3 Å². The molecule has 3 fully saturated rings. The van der Waals surface area contributed by atoms with Crippen molar-refractivity contribution < 1.29 is 9.53 Å². The highest BCUT2D eigenvalue weighted by Gasteiger charge is 2.82. The standard InChI is InChI=1S/C10H13Cl2NO2/c1-2-7-9(10(7,11)12)3-6-4-15-5-13(6)8(9)14/h6-7H,2-5H2,1H3. The van der Waals surface area contributed by atoms with Gasteiger partial charge in [-0.2, -0.15) is 0 Å². The summed E-state index contributed by atoms with van der Waals surface area (Å²) in [5, 5.41) is 0. The van der Waals surface area contributed by atoms with Gasteiger partial charge in [-0.25, -0.2) is 0 Å². The number of hydrogen-bond donors (Lipinski definition) is 0. The van der Waals surface area contributed by atoms with Crippen molar-refractivity contribution >= 4 is 29.1 Å². The Morgan fingerprint density at radius 2 is 2.33 bits per heavy atom. The number of nitrogens with zero attached hydrogens (tertiary/aromatic N) is 1. The molecule has 0 bridgehead atoms. The smallest absolute Gasteiger partial charge is 0.234 e. The van der Waals surface area contributed by atoms with Gasteiger partial charge >= 0.3 is 0 Å². The second-order valence-corrected chi connectivity index (χ2v) is 6.07. The molecule has 15 heavy (non-hydrogen) atoms. The Labute approximate surface area is 98.6 Å². The normalized spacial score (nSPS) is 46.3. The van der Waals surface area contributed by atoms with E-state index in [1.54, 1.807) is 4.90 Å². The molecule has 5 heteroatoms. The molecule has 0 aromatic heterocycles. The van der Waals surface area contributed by atoms with E-state index in [-0.39, 0.29) is 17.9 Å². The molecule has 3 atom stereocenters. The van der Waals surface area contributed by atoms with Gasteiger partial charge in [0.2, 0.25) is 5.91 Å². The summed E-state index contributed by atoms with van der Waals surface area (Å²) >= 11 is 12.5. The quantitative estimate of drug-likeness (QED) is 0.664. The van der Waals surface area contributed by atoms with E-state index in [0.717, 1.165) is 12.8 Å². The van der Waals surface area contributed by atoms with Crippen molar-refractivity contribution in [1.29, 1.82) is 0 Å². The molecule has 1 spiro atoms. The molecule has 84 valence electrons. The fraction of sp³-hybridized carbons (Fsp3) is 0.900.